The lowest BCUT2D eigenvalue weighted by Gasteiger charge is -2.15. The second-order valence-corrected chi connectivity index (χ2v) is 5.78. The molecule has 0 spiro atoms. The lowest BCUT2D eigenvalue weighted by Crippen LogP contribution is -2.21. The zero-order chi connectivity index (χ0) is 16.7. The van der Waals surface area contributed by atoms with Gasteiger partial charge in [0, 0.05) is 25.0 Å². The van der Waals surface area contributed by atoms with E-state index < -0.39 is 0 Å². The number of rotatable bonds is 8. The van der Waals surface area contributed by atoms with Crippen molar-refractivity contribution in [1.29, 1.82) is 0 Å². The van der Waals surface area contributed by atoms with Gasteiger partial charge < -0.3 is 15.5 Å². The fraction of sp³-hybridized carbons (Fsp3) is 0.444. The number of aryl methyl sites for hydroxylation is 2. The van der Waals surface area contributed by atoms with Gasteiger partial charge >= 0.3 is 0 Å². The van der Waals surface area contributed by atoms with Crippen LogP contribution in [0.15, 0.2) is 30.5 Å². The molecule has 0 aliphatic carbocycles. The Balaban J connectivity index is 2.14. The Morgan fingerprint density at radius 1 is 1.04 bits per heavy atom. The molecule has 0 saturated carbocycles. The number of para-hydroxylation sites is 1. The molecular formula is C18H27N5. The van der Waals surface area contributed by atoms with Gasteiger partial charge in [0.1, 0.15) is 5.82 Å². The number of benzene rings is 1. The highest BCUT2D eigenvalue weighted by Gasteiger charge is 2.08. The monoisotopic (exact) mass is 313 g/mol. The smallest absolute Gasteiger partial charge is 0.224 e. The molecule has 0 bridgehead atoms. The minimum Gasteiger partial charge on any atom is -0.353 e. The lowest BCUT2D eigenvalue weighted by molar-refractivity contribution is 0.425. The summed E-state index contributed by atoms with van der Waals surface area (Å²) in [5.74, 6) is 1.48. The molecule has 2 N–H and O–H groups in total. The average Bonchev–Trinajstić information content (AvgIpc) is 2.55. The van der Waals surface area contributed by atoms with Gasteiger partial charge in [-0.3, -0.25) is 0 Å². The molecule has 0 unspecified atom stereocenters. The first-order chi connectivity index (χ1) is 11.1. The van der Waals surface area contributed by atoms with Gasteiger partial charge in [0.2, 0.25) is 5.95 Å². The van der Waals surface area contributed by atoms with Crippen LogP contribution in [-0.2, 0) is 12.8 Å². The van der Waals surface area contributed by atoms with Crippen molar-refractivity contribution in [1.82, 2.24) is 14.9 Å². The van der Waals surface area contributed by atoms with Crippen molar-refractivity contribution in [2.24, 2.45) is 0 Å². The summed E-state index contributed by atoms with van der Waals surface area (Å²) in [5, 5.41) is 6.74. The maximum absolute atomic E-state index is 4.56. The number of nitrogens with one attached hydrogen (secondary N) is 2. The topological polar surface area (TPSA) is 53.1 Å². The highest BCUT2D eigenvalue weighted by molar-refractivity contribution is 5.65. The maximum Gasteiger partial charge on any atom is 0.224 e. The van der Waals surface area contributed by atoms with Crippen molar-refractivity contribution in [3.05, 3.63) is 41.6 Å². The van der Waals surface area contributed by atoms with Crippen LogP contribution in [0.5, 0.6) is 0 Å². The van der Waals surface area contributed by atoms with Crippen molar-refractivity contribution in [2.75, 3.05) is 37.8 Å². The van der Waals surface area contributed by atoms with Crippen LogP contribution in [0.3, 0.4) is 0 Å². The van der Waals surface area contributed by atoms with Crippen LogP contribution in [-0.4, -0.2) is 42.1 Å². The Kier molecular flexibility index (Phi) is 6.35. The summed E-state index contributed by atoms with van der Waals surface area (Å²) in [5.41, 5.74) is 3.80. The van der Waals surface area contributed by atoms with E-state index in [1.807, 2.05) is 6.07 Å². The van der Waals surface area contributed by atoms with Gasteiger partial charge in [-0.1, -0.05) is 32.0 Å². The fourth-order valence-corrected chi connectivity index (χ4v) is 2.44. The summed E-state index contributed by atoms with van der Waals surface area (Å²) < 4.78 is 0. The molecule has 1 aromatic heterocycles. The number of hydrogen-bond donors (Lipinski definition) is 2. The van der Waals surface area contributed by atoms with Gasteiger partial charge in [-0.15, -0.1) is 0 Å². The van der Waals surface area contributed by atoms with E-state index in [1.165, 1.54) is 16.8 Å². The molecule has 1 aromatic carbocycles. The summed E-state index contributed by atoms with van der Waals surface area (Å²) in [6.45, 7) is 6.12. The molecule has 2 aromatic rings. The predicted octanol–water partition coefficient (Wildman–Crippen LogP) is 3.32. The van der Waals surface area contributed by atoms with E-state index in [-0.39, 0.29) is 0 Å². The van der Waals surface area contributed by atoms with Crippen molar-refractivity contribution in [3.8, 4) is 0 Å². The Labute approximate surface area is 139 Å². The first-order valence-electron chi connectivity index (χ1n) is 8.23. The van der Waals surface area contributed by atoms with Crippen LogP contribution in [0.1, 0.15) is 25.0 Å². The van der Waals surface area contributed by atoms with Crippen molar-refractivity contribution in [2.45, 2.75) is 26.7 Å². The summed E-state index contributed by atoms with van der Waals surface area (Å²) in [4.78, 5) is 11.0. The molecule has 2 rings (SSSR count). The molecule has 124 valence electrons. The molecule has 0 aliphatic heterocycles. The summed E-state index contributed by atoms with van der Waals surface area (Å²) in [6.07, 6.45) is 3.78. The van der Waals surface area contributed by atoms with Gasteiger partial charge in [0.25, 0.3) is 0 Å². The van der Waals surface area contributed by atoms with Crippen molar-refractivity contribution >= 4 is 17.5 Å². The average molecular weight is 313 g/mol. The second kappa shape index (κ2) is 8.48. The summed E-state index contributed by atoms with van der Waals surface area (Å²) in [6, 6.07) is 8.36. The molecule has 23 heavy (non-hydrogen) atoms. The molecule has 0 atom stereocenters. The van der Waals surface area contributed by atoms with Crippen LogP contribution >= 0.6 is 0 Å². The minimum absolute atomic E-state index is 0.656. The van der Waals surface area contributed by atoms with Crippen LogP contribution in [0.4, 0.5) is 17.5 Å². The number of anilines is 3. The van der Waals surface area contributed by atoms with E-state index in [4.69, 9.17) is 0 Å². The van der Waals surface area contributed by atoms with E-state index in [9.17, 15) is 0 Å². The highest BCUT2D eigenvalue weighted by Crippen LogP contribution is 2.25. The van der Waals surface area contributed by atoms with Crippen LogP contribution < -0.4 is 10.6 Å². The first-order valence-corrected chi connectivity index (χ1v) is 8.23. The van der Waals surface area contributed by atoms with E-state index in [0.29, 0.717) is 5.95 Å². The van der Waals surface area contributed by atoms with E-state index in [1.54, 1.807) is 6.20 Å². The maximum atomic E-state index is 4.56. The zero-order valence-electron chi connectivity index (χ0n) is 14.6. The Morgan fingerprint density at radius 2 is 1.74 bits per heavy atom. The molecule has 5 heteroatoms. The lowest BCUT2D eigenvalue weighted by atomic mass is 10.0. The number of likely N-dealkylation sites (N-methyl/N-ethyl adjacent to an activating group) is 1. The molecule has 5 nitrogen and oxygen atoms in total. The van der Waals surface area contributed by atoms with E-state index >= 15 is 0 Å². The largest absolute Gasteiger partial charge is 0.353 e. The number of hydrogen-bond acceptors (Lipinski definition) is 5. The number of nitrogens with zero attached hydrogens (tertiary/aromatic N) is 3. The molecule has 0 saturated heterocycles. The first kappa shape index (κ1) is 17.2. The summed E-state index contributed by atoms with van der Waals surface area (Å²) >= 11 is 0. The van der Waals surface area contributed by atoms with Gasteiger partial charge in [0.15, 0.2) is 0 Å². The zero-order valence-corrected chi connectivity index (χ0v) is 14.6. The van der Waals surface area contributed by atoms with Crippen molar-refractivity contribution < 1.29 is 0 Å². The SMILES string of the molecule is CCc1cccc(CC)c1Nc1ccnc(NCCN(C)C)n1. The predicted molar refractivity (Wildman–Crippen MR) is 97.6 cm³/mol. The number of aromatic nitrogens is 2. The third-order valence-electron chi connectivity index (χ3n) is 3.75. The standard InChI is InChI=1S/C18H27N5/c1-5-14-8-7-9-15(6-2)17(14)21-16-10-11-19-18(22-16)20-12-13-23(3)4/h7-11H,5-6,12-13H2,1-4H3,(H2,19,20,21,22). The molecule has 0 fully saturated rings. The third kappa shape index (κ3) is 4.93. The van der Waals surface area contributed by atoms with Crippen molar-refractivity contribution in [3.63, 3.8) is 0 Å². The second-order valence-electron chi connectivity index (χ2n) is 5.78. The van der Waals surface area contributed by atoms with E-state index in [2.05, 4.69) is 71.6 Å². The Morgan fingerprint density at radius 3 is 2.35 bits per heavy atom. The van der Waals surface area contributed by atoms with Gasteiger partial charge in [0.05, 0.1) is 0 Å². The van der Waals surface area contributed by atoms with Crippen LogP contribution in [0.2, 0.25) is 0 Å². The molecule has 0 radical (unpaired) electrons. The fourth-order valence-electron chi connectivity index (χ4n) is 2.44. The third-order valence-corrected chi connectivity index (χ3v) is 3.75. The van der Waals surface area contributed by atoms with Gasteiger partial charge in [-0.2, -0.15) is 4.98 Å². The quantitative estimate of drug-likeness (QED) is 0.783. The van der Waals surface area contributed by atoms with Crippen LogP contribution in [0, 0.1) is 0 Å². The van der Waals surface area contributed by atoms with Gasteiger partial charge in [-0.05, 0) is 44.1 Å². The van der Waals surface area contributed by atoms with Crippen LogP contribution in [0.25, 0.3) is 0 Å². The Bertz CT molecular complexity index is 602. The van der Waals surface area contributed by atoms with E-state index in [0.717, 1.165) is 31.7 Å². The van der Waals surface area contributed by atoms with Gasteiger partial charge in [-0.25, -0.2) is 4.98 Å². The molecular weight excluding hydrogens is 286 g/mol. The normalized spacial score (nSPS) is 10.8. The summed E-state index contributed by atoms with van der Waals surface area (Å²) in [7, 11) is 4.10. The molecule has 0 amide bonds. The Hall–Kier alpha value is -2.14. The minimum atomic E-state index is 0.656. The highest BCUT2D eigenvalue weighted by atomic mass is 15.2. The molecule has 0 aliphatic rings. The molecule has 1 heterocycles.